The quantitative estimate of drug-likeness (QED) is 0.328. The van der Waals surface area contributed by atoms with Crippen molar-refractivity contribution in [3.05, 3.63) is 0 Å². The molecular weight excluding hydrogens is 570 g/mol. The molecule has 5 heterocycles. The Morgan fingerprint density at radius 1 is 0.909 bits per heavy atom. The Labute approximate surface area is 270 Å². The van der Waals surface area contributed by atoms with Gasteiger partial charge in [-0.3, -0.25) is 20.3 Å². The van der Waals surface area contributed by atoms with Crippen molar-refractivity contribution in [1.29, 1.82) is 0 Å². The average molecular weight is 632 g/mol. The number of nitrogens with two attached hydrogens (primary N) is 1. The molecule has 9 unspecified atom stereocenters. The van der Waals surface area contributed by atoms with Crippen LogP contribution in [-0.2, 0) is 14.3 Å². The van der Waals surface area contributed by atoms with Crippen LogP contribution in [0, 0.1) is 29.1 Å². The van der Waals surface area contributed by atoms with Crippen LogP contribution in [0.3, 0.4) is 0 Å². The molecule has 1 amide bonds. The molecule has 0 radical (unpaired) electrons. The number of fused-ring (bicyclic) bond motifs is 3. The van der Waals surface area contributed by atoms with Crippen molar-refractivity contribution in [1.82, 2.24) is 20.9 Å². The molecule has 9 heteroatoms. The number of carbonyl (C=O) groups is 1. The van der Waals surface area contributed by atoms with Gasteiger partial charge in [0.25, 0.3) is 0 Å². The summed E-state index contributed by atoms with van der Waals surface area (Å²) >= 11 is 1.83. The molecule has 0 aromatic rings. The molecule has 0 bridgehead atoms. The van der Waals surface area contributed by atoms with Crippen molar-refractivity contribution in [2.75, 3.05) is 32.9 Å². The van der Waals surface area contributed by atoms with Gasteiger partial charge in [-0.2, -0.15) is 0 Å². The van der Waals surface area contributed by atoms with E-state index in [1.165, 1.54) is 83.5 Å². The van der Waals surface area contributed by atoms with E-state index in [1.54, 1.807) is 0 Å². The van der Waals surface area contributed by atoms with Crippen molar-refractivity contribution in [3.8, 4) is 0 Å². The first-order chi connectivity index (χ1) is 21.4. The van der Waals surface area contributed by atoms with Crippen molar-refractivity contribution in [2.45, 2.75) is 151 Å². The molecule has 44 heavy (non-hydrogen) atoms. The predicted octanol–water partition coefficient (Wildman–Crippen LogP) is 4.57. The van der Waals surface area contributed by atoms with Gasteiger partial charge in [-0.05, 0) is 83.0 Å². The first kappa shape index (κ1) is 32.1. The van der Waals surface area contributed by atoms with Gasteiger partial charge in [-0.1, -0.05) is 44.9 Å². The smallest absolute Gasteiger partial charge is 0.235 e. The fraction of sp³-hybridized carbons (Fsp3) is 0.971. The van der Waals surface area contributed by atoms with E-state index in [9.17, 15) is 4.79 Å². The van der Waals surface area contributed by atoms with Crippen LogP contribution >= 0.6 is 11.8 Å². The molecule has 0 aromatic heterocycles. The molecule has 7 aliphatic rings. The molecule has 7 rings (SSSR count). The first-order valence-electron chi connectivity index (χ1n) is 18.5. The van der Waals surface area contributed by atoms with E-state index in [0.717, 1.165) is 51.7 Å². The Kier molecular flexibility index (Phi) is 9.93. The highest BCUT2D eigenvalue weighted by Gasteiger charge is 2.66. The third-order valence-corrected chi connectivity index (χ3v) is 14.7. The summed E-state index contributed by atoms with van der Waals surface area (Å²) in [5.41, 5.74) is 7.12. The average Bonchev–Trinajstić information content (AvgIpc) is 3.18. The molecule has 9 atom stereocenters. The highest BCUT2D eigenvalue weighted by atomic mass is 32.2. The maximum Gasteiger partial charge on any atom is 0.235 e. The van der Waals surface area contributed by atoms with Crippen molar-refractivity contribution in [2.24, 2.45) is 34.8 Å². The second kappa shape index (κ2) is 13.6. The van der Waals surface area contributed by atoms with Gasteiger partial charge in [-0.15, -0.1) is 11.8 Å². The zero-order valence-electron chi connectivity index (χ0n) is 27.6. The van der Waals surface area contributed by atoms with E-state index < -0.39 is 0 Å². The van der Waals surface area contributed by atoms with Gasteiger partial charge in [0.1, 0.15) is 5.25 Å². The molecule has 5 aliphatic heterocycles. The van der Waals surface area contributed by atoms with Gasteiger partial charge in [-0.25, -0.2) is 0 Å². The Hall–Kier alpha value is -0.420. The molecule has 5 saturated heterocycles. The maximum atomic E-state index is 14.1. The van der Waals surface area contributed by atoms with Crippen LogP contribution in [0.2, 0.25) is 0 Å². The van der Waals surface area contributed by atoms with Crippen LogP contribution in [0.25, 0.3) is 0 Å². The summed E-state index contributed by atoms with van der Waals surface area (Å²) < 4.78 is 12.6. The van der Waals surface area contributed by atoms with E-state index >= 15 is 0 Å². The van der Waals surface area contributed by atoms with Gasteiger partial charge in [0.2, 0.25) is 5.91 Å². The Morgan fingerprint density at radius 2 is 1.61 bits per heavy atom. The van der Waals surface area contributed by atoms with Gasteiger partial charge >= 0.3 is 0 Å². The second-order valence-corrected chi connectivity index (χ2v) is 17.5. The zero-order valence-corrected chi connectivity index (χ0v) is 28.4. The topological polar surface area (TPSA) is 101 Å². The molecule has 8 nitrogen and oxygen atoms in total. The minimum atomic E-state index is -0.226. The largest absolute Gasteiger partial charge is 0.379 e. The summed E-state index contributed by atoms with van der Waals surface area (Å²) in [4.78, 5) is 16.8. The lowest BCUT2D eigenvalue weighted by molar-refractivity contribution is -0.233. The number of rotatable bonds is 5. The summed E-state index contributed by atoms with van der Waals surface area (Å²) in [5.74, 6) is 2.22. The van der Waals surface area contributed by atoms with Crippen LogP contribution in [0.15, 0.2) is 0 Å². The zero-order chi connectivity index (χ0) is 30.3. The SMILES string of the molecule is CC1(C)CC2C3C(NC(N4CCOCC4)C2(C2CCCCC2)CO1)SC(C(=O)NC1CCCC(C2CCCCCC2)N1)C3N. The molecule has 2 saturated carbocycles. The lowest BCUT2D eigenvalue weighted by atomic mass is 9.51. The van der Waals surface area contributed by atoms with E-state index in [-0.39, 0.29) is 51.8 Å². The standard InChI is InChI=1S/C35H61N5O3S/c1-34(2)21-25-28-29(36)30(31(41)38-27-16-10-15-26(37-27)23-11-6-3-4-7-12-23)44-32(28)39-33(40-17-19-42-20-18-40)35(25,22-43-34)24-13-8-5-9-14-24/h23-30,32-33,37,39H,3-22,36H2,1-2H3,(H,38,41). The number of nitrogens with one attached hydrogen (secondary N) is 3. The fourth-order valence-electron chi connectivity index (χ4n) is 10.9. The van der Waals surface area contributed by atoms with Gasteiger partial charge < -0.3 is 20.5 Å². The Balaban J connectivity index is 1.12. The van der Waals surface area contributed by atoms with Crippen LogP contribution in [0.4, 0.5) is 0 Å². The van der Waals surface area contributed by atoms with Crippen molar-refractivity contribution >= 4 is 17.7 Å². The Bertz CT molecular complexity index is 981. The third-order valence-electron chi connectivity index (χ3n) is 13.1. The van der Waals surface area contributed by atoms with E-state index in [0.29, 0.717) is 17.9 Å². The van der Waals surface area contributed by atoms with Gasteiger partial charge in [0.05, 0.1) is 43.1 Å². The summed E-state index contributed by atoms with van der Waals surface area (Å²) in [6.07, 6.45) is 19.5. The lowest BCUT2D eigenvalue weighted by Gasteiger charge is -2.65. The second-order valence-electron chi connectivity index (χ2n) is 16.2. The molecule has 0 spiro atoms. The molecule has 0 aromatic carbocycles. The minimum absolute atomic E-state index is 0.00878. The van der Waals surface area contributed by atoms with Crippen LogP contribution in [-0.4, -0.2) is 84.4 Å². The van der Waals surface area contributed by atoms with E-state index in [1.807, 2.05) is 11.8 Å². The normalized spacial score (nSPS) is 44.3. The molecule has 7 fully saturated rings. The summed E-state index contributed by atoms with van der Waals surface area (Å²) in [7, 11) is 0. The van der Waals surface area contributed by atoms with Gasteiger partial charge in [0.15, 0.2) is 0 Å². The lowest BCUT2D eigenvalue weighted by Crippen LogP contribution is -2.75. The maximum absolute atomic E-state index is 14.1. The predicted molar refractivity (Wildman–Crippen MR) is 177 cm³/mol. The third kappa shape index (κ3) is 6.26. The minimum Gasteiger partial charge on any atom is -0.379 e. The molecule has 2 aliphatic carbocycles. The number of amides is 1. The summed E-state index contributed by atoms with van der Waals surface area (Å²) in [5, 5.41) is 11.6. The molecule has 250 valence electrons. The molecular formula is C35H61N5O3S. The first-order valence-corrected chi connectivity index (χ1v) is 19.5. The highest BCUT2D eigenvalue weighted by Crippen LogP contribution is 2.61. The number of carbonyl (C=O) groups excluding carboxylic acids is 1. The molecule has 5 N–H and O–H groups in total. The van der Waals surface area contributed by atoms with Crippen molar-refractivity contribution in [3.63, 3.8) is 0 Å². The number of nitrogens with zero attached hydrogens (tertiary/aromatic N) is 1. The van der Waals surface area contributed by atoms with Crippen LogP contribution in [0.1, 0.15) is 110 Å². The van der Waals surface area contributed by atoms with Crippen LogP contribution < -0.4 is 21.7 Å². The Morgan fingerprint density at radius 3 is 2.36 bits per heavy atom. The number of ether oxygens (including phenoxy) is 2. The van der Waals surface area contributed by atoms with E-state index in [2.05, 4.69) is 34.7 Å². The van der Waals surface area contributed by atoms with E-state index in [4.69, 9.17) is 15.2 Å². The number of piperidine rings is 2. The highest BCUT2D eigenvalue weighted by molar-refractivity contribution is 8.01. The van der Waals surface area contributed by atoms with Gasteiger partial charge in [0, 0.05) is 36.5 Å². The number of hydrogen-bond donors (Lipinski definition) is 4. The number of thioether (sulfide) groups is 1. The van der Waals surface area contributed by atoms with Crippen molar-refractivity contribution < 1.29 is 14.3 Å². The summed E-state index contributed by atoms with van der Waals surface area (Å²) in [6, 6.07) is 0.377. The number of morpholine rings is 1. The summed E-state index contributed by atoms with van der Waals surface area (Å²) in [6.45, 7) is 8.82. The monoisotopic (exact) mass is 631 g/mol. The fourth-order valence-corrected chi connectivity index (χ4v) is 12.5. The van der Waals surface area contributed by atoms with Crippen LogP contribution in [0.5, 0.6) is 0 Å². The number of hydrogen-bond acceptors (Lipinski definition) is 8.